The Labute approximate surface area is 198 Å². The molecule has 0 bridgehead atoms. The normalized spacial score (nSPS) is 12.0. The number of fused-ring (bicyclic) bond motifs is 1. The zero-order valence-corrected chi connectivity index (χ0v) is 18.9. The van der Waals surface area contributed by atoms with Crippen LogP contribution in [0.2, 0.25) is 0 Å². The third-order valence-electron chi connectivity index (χ3n) is 5.51. The Morgan fingerprint density at radius 3 is 2.63 bits per heavy atom. The fraction of sp³-hybridized carbons (Fsp3) is 0.240. The smallest absolute Gasteiger partial charge is 0.323 e. The summed E-state index contributed by atoms with van der Waals surface area (Å²) in [6.45, 7) is 2.12. The molecule has 0 unspecified atom stereocenters. The lowest BCUT2D eigenvalue weighted by Gasteiger charge is -2.19. The SMILES string of the molecule is CCC[C@H](COc1ccc2[nH]c(=O)[nH]c2c1)NC(=O)c1cccn(Cc2ccc(F)c(F)c2)c1=O. The van der Waals surface area contributed by atoms with E-state index in [1.54, 1.807) is 24.3 Å². The van der Waals surface area contributed by atoms with E-state index < -0.39 is 23.1 Å². The number of carbonyl (C=O) groups is 1. The van der Waals surface area contributed by atoms with Gasteiger partial charge in [-0.05, 0) is 48.4 Å². The molecule has 2 heterocycles. The number of hydrogen-bond donors (Lipinski definition) is 3. The summed E-state index contributed by atoms with van der Waals surface area (Å²) in [5.74, 6) is -2.01. The number of amides is 1. The van der Waals surface area contributed by atoms with Crippen molar-refractivity contribution >= 4 is 16.9 Å². The van der Waals surface area contributed by atoms with Gasteiger partial charge in [-0.25, -0.2) is 13.6 Å². The third kappa shape index (κ3) is 5.65. The number of rotatable bonds is 9. The predicted molar refractivity (Wildman–Crippen MR) is 127 cm³/mol. The highest BCUT2D eigenvalue weighted by atomic mass is 19.2. The Hall–Kier alpha value is -4.21. The minimum Gasteiger partial charge on any atom is -0.491 e. The predicted octanol–water partition coefficient (Wildman–Crippen LogP) is 3.32. The molecule has 1 atom stereocenters. The fourth-order valence-electron chi connectivity index (χ4n) is 3.78. The van der Waals surface area contributed by atoms with E-state index in [9.17, 15) is 23.2 Å². The number of hydrogen-bond acceptors (Lipinski definition) is 4. The van der Waals surface area contributed by atoms with Gasteiger partial charge in [0.15, 0.2) is 11.6 Å². The first kappa shape index (κ1) is 23.9. The Morgan fingerprint density at radius 1 is 1.06 bits per heavy atom. The highest BCUT2D eigenvalue weighted by Gasteiger charge is 2.18. The number of carbonyl (C=O) groups excluding carboxylic acids is 1. The molecule has 35 heavy (non-hydrogen) atoms. The van der Waals surface area contributed by atoms with Crippen LogP contribution in [0, 0.1) is 11.6 Å². The number of nitrogens with zero attached hydrogens (tertiary/aromatic N) is 1. The monoisotopic (exact) mass is 482 g/mol. The lowest BCUT2D eigenvalue weighted by molar-refractivity contribution is 0.0916. The summed E-state index contributed by atoms with van der Waals surface area (Å²) in [5, 5.41) is 2.84. The second-order valence-electron chi connectivity index (χ2n) is 8.16. The minimum atomic E-state index is -1.01. The van der Waals surface area contributed by atoms with Gasteiger partial charge in [0, 0.05) is 12.3 Å². The lowest BCUT2D eigenvalue weighted by Crippen LogP contribution is -2.41. The Kier molecular flexibility index (Phi) is 7.09. The van der Waals surface area contributed by atoms with Crippen molar-refractivity contribution in [3.8, 4) is 5.75 Å². The highest BCUT2D eigenvalue weighted by Crippen LogP contribution is 2.17. The average Bonchev–Trinajstić information content (AvgIpc) is 3.20. The summed E-state index contributed by atoms with van der Waals surface area (Å²) in [6.07, 6.45) is 2.87. The van der Waals surface area contributed by atoms with Gasteiger partial charge < -0.3 is 24.6 Å². The quantitative estimate of drug-likeness (QED) is 0.340. The van der Waals surface area contributed by atoms with Gasteiger partial charge in [0.25, 0.3) is 11.5 Å². The molecule has 10 heteroatoms. The number of aromatic nitrogens is 3. The van der Waals surface area contributed by atoms with E-state index in [2.05, 4.69) is 15.3 Å². The lowest BCUT2D eigenvalue weighted by atomic mass is 10.1. The van der Waals surface area contributed by atoms with Gasteiger partial charge in [-0.15, -0.1) is 0 Å². The maximum atomic E-state index is 13.5. The first-order valence-corrected chi connectivity index (χ1v) is 11.1. The summed E-state index contributed by atoms with van der Waals surface area (Å²) < 4.78 is 33.8. The van der Waals surface area contributed by atoms with Crippen LogP contribution in [0.1, 0.15) is 35.7 Å². The van der Waals surface area contributed by atoms with Crippen molar-refractivity contribution in [1.82, 2.24) is 19.9 Å². The molecule has 0 saturated heterocycles. The minimum absolute atomic E-state index is 0.0115. The summed E-state index contributed by atoms with van der Waals surface area (Å²) in [6, 6.07) is 11.1. The van der Waals surface area contributed by atoms with Crippen LogP contribution >= 0.6 is 0 Å². The van der Waals surface area contributed by atoms with Gasteiger partial charge in [0.05, 0.1) is 23.6 Å². The summed E-state index contributed by atoms with van der Waals surface area (Å²) in [7, 11) is 0. The first-order chi connectivity index (χ1) is 16.8. The molecule has 0 aliphatic carbocycles. The standard InChI is InChI=1S/C25H24F2N4O4/c1-2-4-16(14-35-17-7-9-21-22(12-17)30-25(34)29-21)28-23(32)18-5-3-10-31(24(18)33)13-15-6-8-19(26)20(27)11-15/h3,5-12,16H,2,4,13-14H2,1H3,(H,28,32)(H2,29,30,34)/t16-/m1/s1. The topological polar surface area (TPSA) is 109 Å². The summed E-state index contributed by atoms with van der Waals surface area (Å²) in [4.78, 5) is 42.5. The molecule has 1 amide bonds. The third-order valence-corrected chi connectivity index (χ3v) is 5.51. The van der Waals surface area contributed by atoms with E-state index in [4.69, 9.17) is 4.74 Å². The van der Waals surface area contributed by atoms with Crippen molar-refractivity contribution in [1.29, 1.82) is 0 Å². The molecule has 4 rings (SSSR count). The first-order valence-electron chi connectivity index (χ1n) is 11.1. The van der Waals surface area contributed by atoms with Crippen LogP contribution in [0.4, 0.5) is 8.78 Å². The molecule has 182 valence electrons. The van der Waals surface area contributed by atoms with Gasteiger partial charge in [0.2, 0.25) is 0 Å². The molecule has 4 aromatic rings. The van der Waals surface area contributed by atoms with Crippen molar-refractivity contribution in [2.75, 3.05) is 6.61 Å². The summed E-state index contributed by atoms with van der Waals surface area (Å²) in [5.41, 5.74) is 0.724. The van der Waals surface area contributed by atoms with E-state index in [1.807, 2.05) is 6.92 Å². The molecule has 0 spiro atoms. The van der Waals surface area contributed by atoms with Gasteiger partial charge in [-0.3, -0.25) is 9.59 Å². The number of H-pyrrole nitrogens is 2. The van der Waals surface area contributed by atoms with Crippen molar-refractivity contribution in [2.45, 2.75) is 32.4 Å². The zero-order chi connectivity index (χ0) is 24.9. The van der Waals surface area contributed by atoms with Crippen LogP contribution in [0.3, 0.4) is 0 Å². The fourth-order valence-corrected chi connectivity index (χ4v) is 3.78. The molecule has 0 saturated carbocycles. The molecule has 0 radical (unpaired) electrons. The second-order valence-corrected chi connectivity index (χ2v) is 8.16. The van der Waals surface area contributed by atoms with Crippen LogP contribution in [0.15, 0.2) is 64.3 Å². The highest BCUT2D eigenvalue weighted by molar-refractivity contribution is 5.94. The zero-order valence-electron chi connectivity index (χ0n) is 18.9. The van der Waals surface area contributed by atoms with Crippen molar-refractivity contribution in [2.24, 2.45) is 0 Å². The molecule has 2 aromatic carbocycles. The van der Waals surface area contributed by atoms with Crippen LogP contribution in [0.5, 0.6) is 5.75 Å². The number of ether oxygens (including phenoxy) is 1. The van der Waals surface area contributed by atoms with Crippen LogP contribution < -0.4 is 21.3 Å². The number of pyridine rings is 1. The molecular formula is C25H24F2N4O4. The largest absolute Gasteiger partial charge is 0.491 e. The molecule has 0 aliphatic rings. The molecule has 3 N–H and O–H groups in total. The number of halogens is 2. The number of nitrogens with one attached hydrogen (secondary N) is 3. The van der Waals surface area contributed by atoms with Gasteiger partial charge in [-0.2, -0.15) is 0 Å². The van der Waals surface area contributed by atoms with Crippen LogP contribution in [0.25, 0.3) is 11.0 Å². The Morgan fingerprint density at radius 2 is 1.86 bits per heavy atom. The maximum absolute atomic E-state index is 13.5. The Bertz CT molecular complexity index is 1470. The van der Waals surface area contributed by atoms with E-state index in [0.29, 0.717) is 28.8 Å². The number of imidazole rings is 1. The Balaban J connectivity index is 1.45. The molecule has 0 aliphatic heterocycles. The molecule has 0 fully saturated rings. The van der Waals surface area contributed by atoms with E-state index >= 15 is 0 Å². The van der Waals surface area contributed by atoms with Gasteiger partial charge in [-0.1, -0.05) is 19.4 Å². The van der Waals surface area contributed by atoms with E-state index in [0.717, 1.165) is 18.6 Å². The van der Waals surface area contributed by atoms with Crippen molar-refractivity contribution in [3.63, 3.8) is 0 Å². The number of benzene rings is 2. The van der Waals surface area contributed by atoms with E-state index in [-0.39, 0.29) is 30.4 Å². The second kappa shape index (κ2) is 10.4. The maximum Gasteiger partial charge on any atom is 0.323 e. The van der Waals surface area contributed by atoms with E-state index in [1.165, 1.54) is 22.9 Å². The summed E-state index contributed by atoms with van der Waals surface area (Å²) >= 11 is 0. The van der Waals surface area contributed by atoms with Gasteiger partial charge in [0.1, 0.15) is 17.9 Å². The van der Waals surface area contributed by atoms with Crippen molar-refractivity contribution < 1.29 is 18.3 Å². The van der Waals surface area contributed by atoms with Gasteiger partial charge >= 0.3 is 5.69 Å². The van der Waals surface area contributed by atoms with Crippen LogP contribution in [-0.4, -0.2) is 33.1 Å². The molecule has 2 aromatic heterocycles. The average molecular weight is 482 g/mol. The molecule has 8 nitrogen and oxygen atoms in total. The molecular weight excluding hydrogens is 458 g/mol. The van der Waals surface area contributed by atoms with Crippen LogP contribution in [-0.2, 0) is 6.54 Å². The van der Waals surface area contributed by atoms with Crippen molar-refractivity contribution in [3.05, 3.63) is 98.3 Å². The number of aromatic amines is 2.